The van der Waals surface area contributed by atoms with Gasteiger partial charge in [0.2, 0.25) is 18.6 Å². The Morgan fingerprint density at radius 3 is 2.64 bits per heavy atom. The van der Waals surface area contributed by atoms with Crippen LogP contribution in [-0.4, -0.2) is 22.9 Å². The molecule has 0 saturated carbocycles. The van der Waals surface area contributed by atoms with Crippen LogP contribution in [0.5, 0.6) is 11.5 Å². The molecule has 1 N–H and O–H groups in total. The van der Waals surface area contributed by atoms with Crippen LogP contribution in [0, 0.1) is 6.92 Å². The molecule has 1 amide bonds. The van der Waals surface area contributed by atoms with Crippen LogP contribution in [0.15, 0.2) is 46.9 Å². The summed E-state index contributed by atoms with van der Waals surface area (Å²) in [6.07, 6.45) is 0. The Bertz CT molecular complexity index is 918. The molecule has 1 aliphatic rings. The Kier molecular flexibility index (Phi) is 3.81. The molecular formula is C18H15N3O4. The predicted molar refractivity (Wildman–Crippen MR) is 88.2 cm³/mol. The quantitative estimate of drug-likeness (QED) is 0.788. The van der Waals surface area contributed by atoms with Gasteiger partial charge in [-0.2, -0.15) is 0 Å². The molecule has 0 bridgehead atoms. The molecule has 0 radical (unpaired) electrons. The van der Waals surface area contributed by atoms with Gasteiger partial charge in [-0.15, -0.1) is 10.2 Å². The smallest absolute Gasteiger partial charge is 0.251 e. The van der Waals surface area contributed by atoms with Gasteiger partial charge in [0.25, 0.3) is 5.91 Å². The topological polar surface area (TPSA) is 86.5 Å². The molecule has 0 spiro atoms. The van der Waals surface area contributed by atoms with E-state index in [-0.39, 0.29) is 12.7 Å². The minimum absolute atomic E-state index is 0.161. The molecule has 4 rings (SSSR count). The Balaban J connectivity index is 1.41. The summed E-state index contributed by atoms with van der Waals surface area (Å²) in [5, 5.41) is 10.6. The van der Waals surface area contributed by atoms with Gasteiger partial charge in [0.1, 0.15) is 0 Å². The number of fused-ring (bicyclic) bond motifs is 1. The lowest BCUT2D eigenvalue weighted by atomic mass is 10.1. The van der Waals surface area contributed by atoms with Crippen LogP contribution in [0.4, 0.5) is 0 Å². The summed E-state index contributed by atoms with van der Waals surface area (Å²) in [6.45, 7) is 2.37. The fourth-order valence-corrected chi connectivity index (χ4v) is 2.51. The number of ether oxygens (including phenoxy) is 2. The second kappa shape index (κ2) is 6.27. The van der Waals surface area contributed by atoms with E-state index < -0.39 is 0 Å². The molecule has 126 valence electrons. The van der Waals surface area contributed by atoms with Crippen molar-refractivity contribution >= 4 is 5.91 Å². The van der Waals surface area contributed by atoms with Gasteiger partial charge < -0.3 is 19.2 Å². The second-order valence-corrected chi connectivity index (χ2v) is 5.57. The molecule has 0 unspecified atom stereocenters. The third-order valence-corrected chi connectivity index (χ3v) is 3.81. The SMILES string of the molecule is Cc1nnc(-c2ccc(C(=O)NCc3ccc4c(c3)OCO4)cc2)o1. The first kappa shape index (κ1) is 15.2. The van der Waals surface area contributed by atoms with E-state index in [1.165, 1.54) is 0 Å². The normalized spacial score (nSPS) is 12.2. The maximum atomic E-state index is 12.3. The van der Waals surface area contributed by atoms with Gasteiger partial charge in [-0.05, 0) is 42.0 Å². The third kappa shape index (κ3) is 3.16. The lowest BCUT2D eigenvalue weighted by Gasteiger charge is -2.06. The summed E-state index contributed by atoms with van der Waals surface area (Å²) in [6, 6.07) is 12.6. The van der Waals surface area contributed by atoms with Gasteiger partial charge in [0.05, 0.1) is 0 Å². The Hall–Kier alpha value is -3.35. The first-order valence-corrected chi connectivity index (χ1v) is 7.76. The number of hydrogen-bond donors (Lipinski definition) is 1. The molecule has 2 heterocycles. The van der Waals surface area contributed by atoms with Crippen LogP contribution in [0.25, 0.3) is 11.5 Å². The molecule has 0 aliphatic carbocycles. The van der Waals surface area contributed by atoms with E-state index in [0.717, 1.165) is 16.9 Å². The Morgan fingerprint density at radius 1 is 1.08 bits per heavy atom. The zero-order valence-corrected chi connectivity index (χ0v) is 13.5. The maximum Gasteiger partial charge on any atom is 0.251 e. The zero-order valence-electron chi connectivity index (χ0n) is 13.5. The molecule has 7 nitrogen and oxygen atoms in total. The molecule has 2 aromatic carbocycles. The van der Waals surface area contributed by atoms with Crippen molar-refractivity contribution in [2.75, 3.05) is 6.79 Å². The summed E-state index contributed by atoms with van der Waals surface area (Å²) in [4.78, 5) is 12.3. The molecular weight excluding hydrogens is 322 g/mol. The number of benzene rings is 2. The number of rotatable bonds is 4. The summed E-state index contributed by atoms with van der Waals surface area (Å²) < 4.78 is 16.0. The number of carbonyl (C=O) groups excluding carboxylic acids is 1. The van der Waals surface area contributed by atoms with Crippen molar-refractivity contribution < 1.29 is 18.7 Å². The Labute approximate surface area is 143 Å². The predicted octanol–water partition coefficient (Wildman–Crippen LogP) is 2.70. The Morgan fingerprint density at radius 2 is 1.88 bits per heavy atom. The number of amides is 1. The summed E-state index contributed by atoms with van der Waals surface area (Å²) in [5.74, 6) is 2.20. The van der Waals surface area contributed by atoms with E-state index >= 15 is 0 Å². The molecule has 0 fully saturated rings. The standard InChI is InChI=1S/C18H15N3O4/c1-11-20-21-18(25-11)14-5-3-13(4-6-14)17(22)19-9-12-2-7-15-16(8-12)24-10-23-15/h2-8H,9-10H2,1H3,(H,19,22). The molecule has 1 aliphatic heterocycles. The largest absolute Gasteiger partial charge is 0.454 e. The lowest BCUT2D eigenvalue weighted by molar-refractivity contribution is 0.0951. The van der Waals surface area contributed by atoms with Crippen LogP contribution < -0.4 is 14.8 Å². The summed E-state index contributed by atoms with van der Waals surface area (Å²) in [7, 11) is 0. The van der Waals surface area contributed by atoms with Gasteiger partial charge in [0.15, 0.2) is 11.5 Å². The number of aromatic nitrogens is 2. The van der Waals surface area contributed by atoms with Crippen LogP contribution in [0.1, 0.15) is 21.8 Å². The van der Waals surface area contributed by atoms with E-state index in [1.54, 1.807) is 31.2 Å². The number of hydrogen-bond acceptors (Lipinski definition) is 6. The van der Waals surface area contributed by atoms with Crippen molar-refractivity contribution in [3.05, 3.63) is 59.5 Å². The first-order chi connectivity index (χ1) is 12.2. The molecule has 7 heteroatoms. The number of carbonyl (C=O) groups is 1. The van der Waals surface area contributed by atoms with Gasteiger partial charge in [0, 0.05) is 24.6 Å². The maximum absolute atomic E-state index is 12.3. The van der Waals surface area contributed by atoms with Crippen molar-refractivity contribution in [2.24, 2.45) is 0 Å². The number of nitrogens with zero attached hydrogens (tertiary/aromatic N) is 2. The van der Waals surface area contributed by atoms with E-state index in [2.05, 4.69) is 15.5 Å². The molecule has 1 aromatic heterocycles. The van der Waals surface area contributed by atoms with Crippen LogP contribution >= 0.6 is 0 Å². The average molecular weight is 337 g/mol. The number of aryl methyl sites for hydroxylation is 1. The fraction of sp³-hybridized carbons (Fsp3) is 0.167. The zero-order chi connectivity index (χ0) is 17.2. The minimum Gasteiger partial charge on any atom is -0.454 e. The fourth-order valence-electron chi connectivity index (χ4n) is 2.51. The van der Waals surface area contributed by atoms with Crippen molar-refractivity contribution in [1.82, 2.24) is 15.5 Å². The summed E-state index contributed by atoms with van der Waals surface area (Å²) in [5.41, 5.74) is 2.27. The van der Waals surface area contributed by atoms with E-state index in [1.807, 2.05) is 18.2 Å². The highest BCUT2D eigenvalue weighted by molar-refractivity contribution is 5.94. The van der Waals surface area contributed by atoms with Crippen molar-refractivity contribution in [1.29, 1.82) is 0 Å². The molecule has 0 atom stereocenters. The molecule has 3 aromatic rings. The van der Waals surface area contributed by atoms with Gasteiger partial charge >= 0.3 is 0 Å². The number of nitrogens with one attached hydrogen (secondary N) is 1. The van der Waals surface area contributed by atoms with Gasteiger partial charge in [-0.1, -0.05) is 6.07 Å². The first-order valence-electron chi connectivity index (χ1n) is 7.76. The van der Waals surface area contributed by atoms with E-state index in [0.29, 0.717) is 29.6 Å². The third-order valence-electron chi connectivity index (χ3n) is 3.81. The monoisotopic (exact) mass is 337 g/mol. The van der Waals surface area contributed by atoms with E-state index in [4.69, 9.17) is 13.9 Å². The average Bonchev–Trinajstić information content (AvgIpc) is 3.28. The molecule has 25 heavy (non-hydrogen) atoms. The second-order valence-electron chi connectivity index (χ2n) is 5.57. The van der Waals surface area contributed by atoms with Gasteiger partial charge in [-0.25, -0.2) is 0 Å². The van der Waals surface area contributed by atoms with Gasteiger partial charge in [-0.3, -0.25) is 4.79 Å². The van der Waals surface area contributed by atoms with Crippen LogP contribution in [-0.2, 0) is 6.54 Å². The van der Waals surface area contributed by atoms with Crippen molar-refractivity contribution in [3.63, 3.8) is 0 Å². The van der Waals surface area contributed by atoms with Crippen molar-refractivity contribution in [3.8, 4) is 23.0 Å². The molecule has 0 saturated heterocycles. The van der Waals surface area contributed by atoms with Crippen LogP contribution in [0.3, 0.4) is 0 Å². The minimum atomic E-state index is -0.161. The highest BCUT2D eigenvalue weighted by atomic mass is 16.7. The van der Waals surface area contributed by atoms with Crippen molar-refractivity contribution in [2.45, 2.75) is 13.5 Å². The highest BCUT2D eigenvalue weighted by Gasteiger charge is 2.14. The lowest BCUT2D eigenvalue weighted by Crippen LogP contribution is -2.22. The van der Waals surface area contributed by atoms with Crippen LogP contribution in [0.2, 0.25) is 0 Å². The van der Waals surface area contributed by atoms with E-state index in [9.17, 15) is 4.79 Å². The highest BCUT2D eigenvalue weighted by Crippen LogP contribution is 2.32. The summed E-state index contributed by atoms with van der Waals surface area (Å²) >= 11 is 0.